The molecule has 0 saturated carbocycles. The molecule has 384 valence electrons. The Bertz CT molecular complexity index is 1750. The zero-order chi connectivity index (χ0) is 32.9. The molecule has 0 aromatic heterocycles. The average molecular weight is 1360 g/mol. The number of hydrogen-bond acceptors (Lipinski definition) is 18. The standard InChI is InChI=1S/3C6H6O6S2.16H2O.2Yb/c3*7-13(8,9)5-3-1-2-4-6(5)14(10,11)12;;;;;;;;;;;;;;;;;;/h3*1-4H,(H,7,8,9)(H,10,11,12);16*1H2;;/q;;;;;;;;;;;;;;;;;;;2*+3/p+6. The van der Waals surface area contributed by atoms with Gasteiger partial charge in [-0.25, -0.2) is 50.5 Å². The first-order valence-corrected chi connectivity index (χ1v) is 18.2. The maximum absolute atomic E-state index is 10.5. The van der Waals surface area contributed by atoms with Gasteiger partial charge >= 0.3 is 93.8 Å². The molecule has 3 aromatic carbocycles. The molecule has 44 N–H and O–H groups in total. The Morgan fingerprint density at radius 1 is 0.233 bits per heavy atom. The summed E-state index contributed by atoms with van der Waals surface area (Å²) in [5.74, 6) is 0. The van der Waals surface area contributed by atoms with Gasteiger partial charge in [-0.1, -0.05) is 36.4 Å². The molecule has 0 fully saturated rings. The van der Waals surface area contributed by atoms with E-state index >= 15 is 0 Å². The Labute approximate surface area is 417 Å². The molecule has 0 amide bonds. The maximum Gasteiger partial charge on any atom is 3.00 e. The summed E-state index contributed by atoms with van der Waals surface area (Å²) in [6.45, 7) is 0. The third kappa shape index (κ3) is 39.1. The van der Waals surface area contributed by atoms with Crippen LogP contribution in [0.5, 0.6) is 0 Å². The van der Waals surface area contributed by atoms with Crippen molar-refractivity contribution < 1.29 is 259 Å². The van der Waals surface area contributed by atoms with Gasteiger partial charge in [0.05, 0.1) is 29.4 Å². The van der Waals surface area contributed by atoms with E-state index in [2.05, 4.69) is 0 Å². The van der Waals surface area contributed by atoms with Gasteiger partial charge < -0.3 is 115 Å². The van der Waals surface area contributed by atoms with Gasteiger partial charge in [0, 0.05) is 0 Å². The summed E-state index contributed by atoms with van der Waals surface area (Å²) in [5.41, 5.74) is 0. The SMILES string of the molecule is O.O.O.O.O=S(=O)([O-])c1ccccc1S(=O)(=O)[O-].O=S(=O)([O-])c1ccccc1S(=O)(=O)[O-].O=S(=O)([O-])c1ccccc1S(=O)(=O)[O-].[OH3+].[OH3+].[OH3+].[OH3+].[OH3+].[OH3+].[OH3+].[OH3+].[OH3+].[OH3+].[OH3+].[OH3+].[Yb+3].[Yb+3]. The Morgan fingerprint density at radius 3 is 0.350 bits per heavy atom. The zero-order valence-corrected chi connectivity index (χ0v) is 37.5. The number of rotatable bonds is 6. The molecular formula is C18H56O34S6Yb2+12. The molecular weight excluding hydrogens is 1300 g/mol. The van der Waals surface area contributed by atoms with Crippen molar-refractivity contribution in [2.45, 2.75) is 29.4 Å². The van der Waals surface area contributed by atoms with Crippen molar-refractivity contribution in [2.75, 3.05) is 0 Å². The van der Waals surface area contributed by atoms with E-state index in [4.69, 9.17) is 0 Å². The van der Waals surface area contributed by atoms with E-state index in [9.17, 15) is 77.8 Å². The number of benzene rings is 3. The van der Waals surface area contributed by atoms with Crippen molar-refractivity contribution in [3.8, 4) is 0 Å². The smallest absolute Gasteiger partial charge is 0.744 e. The van der Waals surface area contributed by atoms with E-state index in [0.29, 0.717) is 0 Å². The normalized spacial score (nSPS) is 8.90. The number of hydrogen-bond donors (Lipinski definition) is 0. The monoisotopic (exact) mass is 1360 g/mol. The molecule has 2 radical (unpaired) electrons. The van der Waals surface area contributed by atoms with Gasteiger partial charge in [-0.2, -0.15) is 0 Å². The molecule has 3 rings (SSSR count). The van der Waals surface area contributed by atoms with Crippen molar-refractivity contribution in [1.82, 2.24) is 0 Å². The molecule has 0 aliphatic heterocycles. The van der Waals surface area contributed by atoms with Gasteiger partial charge in [0.2, 0.25) is 0 Å². The van der Waals surface area contributed by atoms with Gasteiger partial charge in [-0.3, -0.25) is 0 Å². The minimum Gasteiger partial charge on any atom is -0.744 e. The van der Waals surface area contributed by atoms with Crippen LogP contribution in [-0.4, -0.2) is 99.7 Å². The summed E-state index contributed by atoms with van der Waals surface area (Å²) in [6, 6.07) is 11.5. The second-order valence-corrected chi connectivity index (χ2v) is 15.2. The molecule has 0 saturated heterocycles. The Kier molecular flexibility index (Phi) is 88.9. The van der Waals surface area contributed by atoms with E-state index in [1.807, 2.05) is 0 Å². The molecule has 0 aliphatic rings. The summed E-state index contributed by atoms with van der Waals surface area (Å²) >= 11 is 0. The Balaban J connectivity index is -0.0000000240. The molecule has 42 heteroatoms. The molecule has 0 bridgehead atoms. The summed E-state index contributed by atoms with van der Waals surface area (Å²) in [6.07, 6.45) is 0. The van der Waals surface area contributed by atoms with Crippen LogP contribution in [0, 0.1) is 93.8 Å². The third-order valence-electron chi connectivity index (χ3n) is 4.16. The van der Waals surface area contributed by atoms with Gasteiger partial charge in [0.1, 0.15) is 60.7 Å². The van der Waals surface area contributed by atoms with E-state index in [1.165, 1.54) is 0 Å². The molecule has 0 spiro atoms. The second kappa shape index (κ2) is 45.1. The van der Waals surface area contributed by atoms with E-state index < -0.39 is 90.1 Å². The molecule has 0 unspecified atom stereocenters. The van der Waals surface area contributed by atoms with Gasteiger partial charge in [-0.15, -0.1) is 0 Å². The van der Waals surface area contributed by atoms with Crippen LogP contribution in [-0.2, 0) is 126 Å². The van der Waals surface area contributed by atoms with Crippen LogP contribution in [0.3, 0.4) is 0 Å². The van der Waals surface area contributed by atoms with Crippen LogP contribution in [0.1, 0.15) is 0 Å². The molecule has 60 heavy (non-hydrogen) atoms. The van der Waals surface area contributed by atoms with Gasteiger partial charge in [0.15, 0.2) is 0 Å². The van der Waals surface area contributed by atoms with Crippen LogP contribution < -0.4 is 0 Å². The Morgan fingerprint density at radius 2 is 0.300 bits per heavy atom. The largest absolute Gasteiger partial charge is 3.00 e. The fraction of sp³-hybridized carbons (Fsp3) is 0. The van der Waals surface area contributed by atoms with Crippen molar-refractivity contribution in [2.24, 2.45) is 0 Å². The summed E-state index contributed by atoms with van der Waals surface area (Å²) in [7, 11) is -29.7. The predicted molar refractivity (Wildman–Crippen MR) is 200 cm³/mol. The second-order valence-electron chi connectivity index (χ2n) is 7.06. The molecule has 0 atom stereocenters. The van der Waals surface area contributed by atoms with E-state index in [1.54, 1.807) is 0 Å². The summed E-state index contributed by atoms with van der Waals surface area (Å²) in [4.78, 5) is -6.11. The van der Waals surface area contributed by atoms with Gasteiger partial charge in [-0.05, 0) is 36.4 Å². The summed E-state index contributed by atoms with van der Waals surface area (Å²) in [5, 5.41) is 0. The minimum absolute atomic E-state index is 0. The van der Waals surface area contributed by atoms with Crippen LogP contribution in [0.2, 0.25) is 0 Å². The molecule has 0 heterocycles. The Hall–Kier alpha value is -0.481. The zero-order valence-electron chi connectivity index (χ0n) is 29.2. The van der Waals surface area contributed by atoms with Crippen molar-refractivity contribution in [3.05, 3.63) is 72.8 Å². The maximum atomic E-state index is 10.5. The fourth-order valence-corrected chi connectivity index (χ4v) is 7.78. The van der Waals surface area contributed by atoms with Gasteiger partial charge in [0.25, 0.3) is 0 Å². The fourth-order valence-electron chi connectivity index (χ4n) is 2.59. The van der Waals surface area contributed by atoms with Crippen molar-refractivity contribution >= 4 is 60.7 Å². The first-order chi connectivity index (χ1) is 18.7. The van der Waals surface area contributed by atoms with Crippen LogP contribution in [0.25, 0.3) is 0 Å². The molecule has 3 aromatic rings. The average Bonchev–Trinajstić information content (AvgIpc) is 2.82. The summed E-state index contributed by atoms with van der Waals surface area (Å²) < 4.78 is 190. The quantitative estimate of drug-likeness (QED) is 0.163. The predicted octanol–water partition coefficient (Wildman–Crippen LogP) is -15.9. The van der Waals surface area contributed by atoms with Crippen LogP contribution in [0.15, 0.2) is 102 Å². The topological polar surface area (TPSA) is 865 Å². The van der Waals surface area contributed by atoms with E-state index in [0.717, 1.165) is 72.8 Å². The first kappa shape index (κ1) is 118. The van der Waals surface area contributed by atoms with Crippen molar-refractivity contribution in [1.29, 1.82) is 0 Å². The minimum atomic E-state index is -4.95. The van der Waals surface area contributed by atoms with Crippen LogP contribution in [0.4, 0.5) is 0 Å². The van der Waals surface area contributed by atoms with E-state index in [-0.39, 0.29) is 181 Å². The molecule has 34 nitrogen and oxygen atoms in total. The van der Waals surface area contributed by atoms with Crippen molar-refractivity contribution in [3.63, 3.8) is 0 Å². The third-order valence-corrected chi connectivity index (χ3v) is 9.92. The first-order valence-electron chi connectivity index (χ1n) is 9.71. The molecule has 0 aliphatic carbocycles. The van der Waals surface area contributed by atoms with Crippen LogP contribution >= 0.6 is 0 Å².